The number of amides is 3. The van der Waals surface area contributed by atoms with E-state index in [1.54, 1.807) is 4.90 Å². The SMILES string of the molecule is CCCC1CCCCN1C(=O)N1CC(=O)NCC1C(=O)O. The quantitative estimate of drug-likeness (QED) is 0.800. The zero-order valence-corrected chi connectivity index (χ0v) is 12.4. The molecule has 21 heavy (non-hydrogen) atoms. The molecule has 0 aromatic heterocycles. The number of hydrogen-bond acceptors (Lipinski definition) is 3. The van der Waals surface area contributed by atoms with E-state index in [4.69, 9.17) is 0 Å². The number of nitrogens with one attached hydrogen (secondary N) is 1. The molecule has 2 N–H and O–H groups in total. The monoisotopic (exact) mass is 297 g/mol. The van der Waals surface area contributed by atoms with E-state index < -0.39 is 12.0 Å². The minimum atomic E-state index is -1.08. The molecule has 0 saturated carbocycles. The number of likely N-dealkylation sites (tertiary alicyclic amines) is 1. The summed E-state index contributed by atoms with van der Waals surface area (Å²) in [6.07, 6.45) is 4.89. The van der Waals surface area contributed by atoms with Gasteiger partial charge in [0.1, 0.15) is 12.6 Å². The second-order valence-electron chi connectivity index (χ2n) is 5.70. The van der Waals surface area contributed by atoms with Crippen molar-refractivity contribution in [2.75, 3.05) is 19.6 Å². The van der Waals surface area contributed by atoms with Gasteiger partial charge in [0.05, 0.1) is 0 Å². The van der Waals surface area contributed by atoms with Gasteiger partial charge in [-0.1, -0.05) is 13.3 Å². The maximum Gasteiger partial charge on any atom is 0.328 e. The standard InChI is InChI=1S/C14H23N3O4/c1-2-5-10-6-3-4-7-16(10)14(21)17-9-12(18)15-8-11(17)13(19)20/h10-11H,2-9H2,1H3,(H,15,18)(H,19,20). The molecule has 2 heterocycles. The summed E-state index contributed by atoms with van der Waals surface area (Å²) in [5.74, 6) is -1.38. The van der Waals surface area contributed by atoms with E-state index in [0.717, 1.165) is 32.1 Å². The fourth-order valence-corrected chi connectivity index (χ4v) is 3.11. The number of urea groups is 1. The zero-order valence-electron chi connectivity index (χ0n) is 12.4. The van der Waals surface area contributed by atoms with Crippen molar-refractivity contribution in [3.05, 3.63) is 0 Å². The van der Waals surface area contributed by atoms with E-state index in [1.165, 1.54) is 4.90 Å². The molecular formula is C14H23N3O4. The molecular weight excluding hydrogens is 274 g/mol. The molecule has 3 amide bonds. The summed E-state index contributed by atoms with van der Waals surface area (Å²) in [7, 11) is 0. The Labute approximate surface area is 124 Å². The molecule has 7 nitrogen and oxygen atoms in total. The van der Waals surface area contributed by atoms with Gasteiger partial charge in [0.2, 0.25) is 5.91 Å². The molecule has 0 bridgehead atoms. The number of aliphatic carboxylic acids is 1. The predicted molar refractivity (Wildman–Crippen MR) is 75.8 cm³/mol. The molecule has 0 aromatic rings. The van der Waals surface area contributed by atoms with Crippen molar-refractivity contribution in [1.82, 2.24) is 15.1 Å². The Hall–Kier alpha value is -1.79. The van der Waals surface area contributed by atoms with Crippen molar-refractivity contribution in [1.29, 1.82) is 0 Å². The van der Waals surface area contributed by atoms with Crippen molar-refractivity contribution < 1.29 is 19.5 Å². The molecule has 2 atom stereocenters. The summed E-state index contributed by atoms with van der Waals surface area (Å²) in [5.41, 5.74) is 0. The molecule has 7 heteroatoms. The molecule has 2 unspecified atom stereocenters. The second kappa shape index (κ2) is 6.78. The van der Waals surface area contributed by atoms with Gasteiger partial charge in [0.15, 0.2) is 0 Å². The van der Waals surface area contributed by atoms with Crippen molar-refractivity contribution >= 4 is 17.9 Å². The highest BCUT2D eigenvalue weighted by molar-refractivity contribution is 5.90. The Morgan fingerprint density at radius 1 is 1.33 bits per heavy atom. The van der Waals surface area contributed by atoms with Gasteiger partial charge in [0.25, 0.3) is 0 Å². The van der Waals surface area contributed by atoms with E-state index in [0.29, 0.717) is 6.54 Å². The predicted octanol–water partition coefficient (Wildman–Crippen LogP) is 0.646. The Kier molecular flexibility index (Phi) is 5.03. The van der Waals surface area contributed by atoms with Gasteiger partial charge in [0, 0.05) is 19.1 Å². The fraction of sp³-hybridized carbons (Fsp3) is 0.786. The number of hydrogen-bond donors (Lipinski definition) is 2. The third-order valence-electron chi connectivity index (χ3n) is 4.21. The van der Waals surface area contributed by atoms with Gasteiger partial charge in [-0.3, -0.25) is 9.69 Å². The average molecular weight is 297 g/mol. The molecule has 0 aliphatic carbocycles. The van der Waals surface area contributed by atoms with Crippen LogP contribution in [-0.4, -0.2) is 64.5 Å². The molecule has 2 aliphatic heterocycles. The average Bonchev–Trinajstić information content (AvgIpc) is 2.47. The highest BCUT2D eigenvalue weighted by Gasteiger charge is 2.39. The van der Waals surface area contributed by atoms with Crippen LogP contribution in [0.4, 0.5) is 4.79 Å². The van der Waals surface area contributed by atoms with Gasteiger partial charge in [-0.05, 0) is 25.7 Å². The molecule has 2 fully saturated rings. The van der Waals surface area contributed by atoms with Crippen LogP contribution in [0.15, 0.2) is 0 Å². The third kappa shape index (κ3) is 3.46. The number of nitrogens with zero attached hydrogens (tertiary/aromatic N) is 2. The minimum Gasteiger partial charge on any atom is -0.480 e. The van der Waals surface area contributed by atoms with Crippen LogP contribution in [0.2, 0.25) is 0 Å². The van der Waals surface area contributed by atoms with Crippen LogP contribution in [0.3, 0.4) is 0 Å². The molecule has 0 aromatic carbocycles. The lowest BCUT2D eigenvalue weighted by Gasteiger charge is -2.41. The van der Waals surface area contributed by atoms with Crippen LogP contribution in [0.25, 0.3) is 0 Å². The Morgan fingerprint density at radius 2 is 2.10 bits per heavy atom. The van der Waals surface area contributed by atoms with Crippen LogP contribution in [0, 0.1) is 0 Å². The van der Waals surface area contributed by atoms with Gasteiger partial charge in [-0.2, -0.15) is 0 Å². The van der Waals surface area contributed by atoms with Gasteiger partial charge in [-0.15, -0.1) is 0 Å². The number of rotatable bonds is 3. The topological polar surface area (TPSA) is 90.0 Å². The molecule has 2 rings (SSSR count). The maximum absolute atomic E-state index is 12.7. The maximum atomic E-state index is 12.7. The first-order valence-corrected chi connectivity index (χ1v) is 7.61. The summed E-state index contributed by atoms with van der Waals surface area (Å²) in [6, 6.07) is -1.12. The largest absolute Gasteiger partial charge is 0.480 e. The van der Waals surface area contributed by atoms with Crippen LogP contribution in [0.5, 0.6) is 0 Å². The number of piperazine rings is 1. The van der Waals surface area contributed by atoms with E-state index in [9.17, 15) is 19.5 Å². The van der Waals surface area contributed by atoms with E-state index in [-0.39, 0.29) is 31.1 Å². The minimum absolute atomic E-state index is 0.0216. The highest BCUT2D eigenvalue weighted by Crippen LogP contribution is 2.23. The van der Waals surface area contributed by atoms with E-state index >= 15 is 0 Å². The van der Waals surface area contributed by atoms with Crippen molar-refractivity contribution in [3.63, 3.8) is 0 Å². The van der Waals surface area contributed by atoms with Crippen molar-refractivity contribution in [2.24, 2.45) is 0 Å². The summed E-state index contributed by atoms with van der Waals surface area (Å²) in [5, 5.41) is 11.8. The first-order chi connectivity index (χ1) is 10.0. The van der Waals surface area contributed by atoms with Crippen molar-refractivity contribution in [2.45, 2.75) is 51.1 Å². The highest BCUT2D eigenvalue weighted by atomic mass is 16.4. The molecule has 2 aliphatic rings. The molecule has 0 radical (unpaired) electrons. The lowest BCUT2D eigenvalue weighted by molar-refractivity contribution is -0.144. The normalized spacial score (nSPS) is 26.4. The summed E-state index contributed by atoms with van der Waals surface area (Å²) in [6.45, 7) is 2.52. The van der Waals surface area contributed by atoms with Crippen LogP contribution in [-0.2, 0) is 9.59 Å². The summed E-state index contributed by atoms with van der Waals surface area (Å²) in [4.78, 5) is 38.5. The number of carbonyl (C=O) groups excluding carboxylic acids is 2. The van der Waals surface area contributed by atoms with Crippen LogP contribution in [0.1, 0.15) is 39.0 Å². The van der Waals surface area contributed by atoms with Gasteiger partial charge < -0.3 is 15.3 Å². The van der Waals surface area contributed by atoms with Crippen LogP contribution >= 0.6 is 0 Å². The van der Waals surface area contributed by atoms with Crippen molar-refractivity contribution in [3.8, 4) is 0 Å². The number of carbonyl (C=O) groups is 3. The smallest absolute Gasteiger partial charge is 0.328 e. The Bertz CT molecular complexity index is 424. The zero-order chi connectivity index (χ0) is 15.4. The number of carboxylic acid groups (broad SMARTS) is 1. The van der Waals surface area contributed by atoms with E-state index in [2.05, 4.69) is 12.2 Å². The Morgan fingerprint density at radius 3 is 2.76 bits per heavy atom. The molecule has 0 spiro atoms. The number of piperidine rings is 1. The van der Waals surface area contributed by atoms with Gasteiger partial charge >= 0.3 is 12.0 Å². The van der Waals surface area contributed by atoms with E-state index in [1.807, 2.05) is 0 Å². The summed E-state index contributed by atoms with van der Waals surface area (Å²) >= 11 is 0. The fourth-order valence-electron chi connectivity index (χ4n) is 3.11. The first-order valence-electron chi connectivity index (χ1n) is 7.61. The summed E-state index contributed by atoms with van der Waals surface area (Å²) < 4.78 is 0. The second-order valence-corrected chi connectivity index (χ2v) is 5.70. The molecule has 118 valence electrons. The lowest BCUT2D eigenvalue weighted by Crippen LogP contribution is -2.63. The van der Waals surface area contributed by atoms with Crippen LogP contribution < -0.4 is 5.32 Å². The Balaban J connectivity index is 2.14. The third-order valence-corrected chi connectivity index (χ3v) is 4.21. The lowest BCUT2D eigenvalue weighted by atomic mass is 9.98. The first kappa shape index (κ1) is 15.6. The number of carboxylic acids is 1. The molecule has 2 saturated heterocycles. The van der Waals surface area contributed by atoms with Gasteiger partial charge in [-0.25, -0.2) is 9.59 Å².